The Balaban J connectivity index is 1.57. The van der Waals surface area contributed by atoms with E-state index in [1.807, 2.05) is 17.0 Å². The van der Waals surface area contributed by atoms with Crippen LogP contribution in [0.4, 0.5) is 0 Å². The molecule has 1 aromatic rings. The molecule has 0 atom stereocenters. The third kappa shape index (κ3) is 3.78. The van der Waals surface area contributed by atoms with E-state index in [4.69, 9.17) is 10.5 Å². The molecular formula is C18H25BrN2O2. The third-order valence-corrected chi connectivity index (χ3v) is 5.46. The smallest absolute Gasteiger partial charge is 0.233 e. The van der Waals surface area contributed by atoms with Gasteiger partial charge < -0.3 is 15.4 Å². The maximum absolute atomic E-state index is 13.0. The van der Waals surface area contributed by atoms with E-state index in [0.29, 0.717) is 12.5 Å². The number of halogens is 1. The number of ether oxygens (including phenoxy) is 1. The molecule has 1 saturated carbocycles. The summed E-state index contributed by atoms with van der Waals surface area (Å²) in [5.41, 5.74) is 6.37. The number of benzene rings is 1. The molecule has 2 N–H and O–H groups in total. The van der Waals surface area contributed by atoms with Crippen LogP contribution < -0.4 is 5.73 Å². The van der Waals surface area contributed by atoms with E-state index in [1.54, 1.807) is 0 Å². The zero-order chi connectivity index (χ0) is 16.3. The van der Waals surface area contributed by atoms with Gasteiger partial charge in [0.1, 0.15) is 0 Å². The number of nitrogens with two attached hydrogens (primary N) is 1. The highest BCUT2D eigenvalue weighted by Gasteiger charge is 2.53. The highest BCUT2D eigenvalue weighted by atomic mass is 79.9. The van der Waals surface area contributed by atoms with Crippen molar-refractivity contribution in [1.29, 1.82) is 0 Å². The number of piperidine rings is 1. The standard InChI is InChI=1S/C18H25BrN2O2/c19-15-4-1-3-14(13-15)18(7-8-18)17(22)21-10-5-16(6-11-21)23-12-2-9-20/h1,3-4,13,16H,2,5-12,20H2. The highest BCUT2D eigenvalue weighted by Crippen LogP contribution is 2.50. The summed E-state index contributed by atoms with van der Waals surface area (Å²) in [6.07, 6.45) is 5.00. The molecule has 2 aliphatic rings. The molecule has 0 aromatic heterocycles. The van der Waals surface area contributed by atoms with Crippen LogP contribution in [0.25, 0.3) is 0 Å². The Bertz CT molecular complexity index is 552. The summed E-state index contributed by atoms with van der Waals surface area (Å²) < 4.78 is 6.87. The monoisotopic (exact) mass is 380 g/mol. The molecule has 126 valence electrons. The Morgan fingerprint density at radius 1 is 1.35 bits per heavy atom. The molecule has 0 spiro atoms. The highest BCUT2D eigenvalue weighted by molar-refractivity contribution is 9.10. The third-order valence-electron chi connectivity index (χ3n) is 4.97. The number of hydrogen-bond donors (Lipinski definition) is 1. The van der Waals surface area contributed by atoms with Crippen LogP contribution in [0.15, 0.2) is 28.7 Å². The van der Waals surface area contributed by atoms with E-state index >= 15 is 0 Å². The molecule has 0 radical (unpaired) electrons. The molecular weight excluding hydrogens is 356 g/mol. The lowest BCUT2D eigenvalue weighted by Crippen LogP contribution is -2.45. The molecule has 1 aromatic carbocycles. The van der Waals surface area contributed by atoms with Gasteiger partial charge in [-0.2, -0.15) is 0 Å². The first kappa shape index (κ1) is 16.9. The minimum atomic E-state index is -0.267. The Kier molecular flexibility index (Phi) is 5.39. The molecule has 1 aliphatic heterocycles. The van der Waals surface area contributed by atoms with Gasteiger partial charge in [-0.25, -0.2) is 0 Å². The van der Waals surface area contributed by atoms with Crippen LogP contribution in [0.5, 0.6) is 0 Å². The minimum Gasteiger partial charge on any atom is -0.378 e. The molecule has 0 unspecified atom stereocenters. The summed E-state index contributed by atoms with van der Waals surface area (Å²) in [5.74, 6) is 0.302. The second-order valence-electron chi connectivity index (χ2n) is 6.60. The lowest BCUT2D eigenvalue weighted by Gasteiger charge is -2.34. The van der Waals surface area contributed by atoms with Gasteiger partial charge in [0.25, 0.3) is 0 Å². The van der Waals surface area contributed by atoms with E-state index in [1.165, 1.54) is 0 Å². The van der Waals surface area contributed by atoms with Crippen LogP contribution in [-0.2, 0) is 14.9 Å². The number of likely N-dealkylation sites (tertiary alicyclic amines) is 1. The molecule has 23 heavy (non-hydrogen) atoms. The van der Waals surface area contributed by atoms with Crippen LogP contribution in [-0.4, -0.2) is 43.2 Å². The quantitative estimate of drug-likeness (QED) is 0.771. The molecule has 0 bridgehead atoms. The van der Waals surface area contributed by atoms with Crippen molar-refractivity contribution < 1.29 is 9.53 Å². The summed E-state index contributed by atoms with van der Waals surface area (Å²) >= 11 is 3.51. The molecule has 5 heteroatoms. The Hall–Kier alpha value is -0.910. The fourth-order valence-corrected chi connectivity index (χ4v) is 3.80. The van der Waals surface area contributed by atoms with Gasteiger partial charge in [-0.1, -0.05) is 28.1 Å². The van der Waals surface area contributed by atoms with Crippen LogP contribution in [0.3, 0.4) is 0 Å². The van der Waals surface area contributed by atoms with Crippen molar-refractivity contribution >= 4 is 21.8 Å². The first-order chi connectivity index (χ1) is 11.2. The van der Waals surface area contributed by atoms with Gasteiger partial charge >= 0.3 is 0 Å². The Morgan fingerprint density at radius 2 is 2.09 bits per heavy atom. The molecule has 3 rings (SSSR count). The summed E-state index contributed by atoms with van der Waals surface area (Å²) in [4.78, 5) is 15.1. The summed E-state index contributed by atoms with van der Waals surface area (Å²) in [7, 11) is 0. The number of carbonyl (C=O) groups excluding carboxylic acids is 1. The van der Waals surface area contributed by atoms with E-state index in [-0.39, 0.29) is 11.5 Å². The first-order valence-electron chi connectivity index (χ1n) is 8.53. The largest absolute Gasteiger partial charge is 0.378 e. The van der Waals surface area contributed by atoms with Gasteiger partial charge in [0.15, 0.2) is 0 Å². The van der Waals surface area contributed by atoms with Gasteiger partial charge in [0, 0.05) is 24.2 Å². The van der Waals surface area contributed by atoms with E-state index in [2.05, 4.69) is 28.1 Å². The number of nitrogens with zero attached hydrogens (tertiary/aromatic N) is 1. The van der Waals surface area contributed by atoms with E-state index in [9.17, 15) is 4.79 Å². The summed E-state index contributed by atoms with van der Waals surface area (Å²) in [6.45, 7) is 3.02. The molecule has 1 heterocycles. The summed E-state index contributed by atoms with van der Waals surface area (Å²) in [5, 5.41) is 0. The van der Waals surface area contributed by atoms with E-state index in [0.717, 1.165) is 61.8 Å². The lowest BCUT2D eigenvalue weighted by molar-refractivity contribution is -0.136. The fourth-order valence-electron chi connectivity index (χ4n) is 3.40. The topological polar surface area (TPSA) is 55.6 Å². The first-order valence-corrected chi connectivity index (χ1v) is 9.32. The number of rotatable bonds is 6. The van der Waals surface area contributed by atoms with Gasteiger partial charge in [-0.3, -0.25) is 4.79 Å². The van der Waals surface area contributed by atoms with Crippen LogP contribution in [0, 0.1) is 0 Å². The number of hydrogen-bond acceptors (Lipinski definition) is 3. The predicted molar refractivity (Wildman–Crippen MR) is 94.3 cm³/mol. The normalized spacial score (nSPS) is 20.5. The van der Waals surface area contributed by atoms with Crippen LogP contribution in [0.2, 0.25) is 0 Å². The van der Waals surface area contributed by atoms with Crippen molar-refractivity contribution in [1.82, 2.24) is 4.90 Å². The van der Waals surface area contributed by atoms with Crippen molar-refractivity contribution in [2.24, 2.45) is 5.73 Å². The van der Waals surface area contributed by atoms with E-state index < -0.39 is 0 Å². The average molecular weight is 381 g/mol. The summed E-state index contributed by atoms with van der Waals surface area (Å²) in [6, 6.07) is 8.20. The van der Waals surface area contributed by atoms with Crippen LogP contribution in [0.1, 0.15) is 37.7 Å². The molecule has 2 fully saturated rings. The van der Waals surface area contributed by atoms with Gasteiger partial charge in [-0.05, 0) is 56.3 Å². The maximum Gasteiger partial charge on any atom is 0.233 e. The molecule has 1 amide bonds. The van der Waals surface area contributed by atoms with Gasteiger partial charge in [0.05, 0.1) is 11.5 Å². The average Bonchev–Trinajstić information content (AvgIpc) is 3.37. The molecule has 4 nitrogen and oxygen atoms in total. The Labute approximate surface area is 146 Å². The zero-order valence-electron chi connectivity index (χ0n) is 13.5. The maximum atomic E-state index is 13.0. The predicted octanol–water partition coefficient (Wildman–Crippen LogP) is 2.84. The zero-order valence-corrected chi connectivity index (χ0v) is 15.1. The minimum absolute atomic E-state index is 0.267. The lowest BCUT2D eigenvalue weighted by atomic mass is 9.93. The van der Waals surface area contributed by atoms with Crippen molar-refractivity contribution in [3.8, 4) is 0 Å². The SMILES string of the molecule is NCCCOC1CCN(C(=O)C2(c3cccc(Br)c3)CC2)CC1. The molecule has 1 saturated heterocycles. The van der Waals surface area contributed by atoms with Gasteiger partial charge in [-0.15, -0.1) is 0 Å². The molecule has 1 aliphatic carbocycles. The van der Waals surface area contributed by atoms with Crippen molar-refractivity contribution in [2.75, 3.05) is 26.2 Å². The van der Waals surface area contributed by atoms with Gasteiger partial charge in [0.2, 0.25) is 5.91 Å². The Morgan fingerprint density at radius 3 is 2.70 bits per heavy atom. The van der Waals surface area contributed by atoms with Crippen LogP contribution >= 0.6 is 15.9 Å². The van der Waals surface area contributed by atoms with Crippen molar-refractivity contribution in [3.63, 3.8) is 0 Å². The van der Waals surface area contributed by atoms with Crippen molar-refractivity contribution in [3.05, 3.63) is 34.3 Å². The number of amides is 1. The fraction of sp³-hybridized carbons (Fsp3) is 0.611. The second kappa shape index (κ2) is 7.32. The second-order valence-corrected chi connectivity index (χ2v) is 7.51. The van der Waals surface area contributed by atoms with Crippen molar-refractivity contribution in [2.45, 2.75) is 43.6 Å². The number of carbonyl (C=O) groups is 1.